The lowest BCUT2D eigenvalue weighted by molar-refractivity contribution is 0.888. The minimum atomic E-state index is 0.327. The summed E-state index contributed by atoms with van der Waals surface area (Å²) in [5, 5.41) is 9.77. The van der Waals surface area contributed by atoms with E-state index in [0.29, 0.717) is 26.3 Å². The average molecular weight is 385 g/mol. The Labute approximate surface area is 152 Å². The Hall–Kier alpha value is -1.33. The first kappa shape index (κ1) is 16.5. The summed E-state index contributed by atoms with van der Waals surface area (Å²) in [5.74, 6) is 0. The quantitative estimate of drug-likeness (QED) is 0.316. The number of fused-ring (bicyclic) bond motifs is 1. The van der Waals surface area contributed by atoms with Gasteiger partial charge in [0.25, 0.3) is 0 Å². The number of para-hydroxylation sites is 1. The maximum absolute atomic E-state index is 6.23. The van der Waals surface area contributed by atoms with E-state index in [4.69, 9.17) is 34.8 Å². The molecular formula is C16H12Cl3N3S. The number of thiazole rings is 1. The number of aromatic nitrogens is 1. The van der Waals surface area contributed by atoms with Crippen molar-refractivity contribution in [2.75, 3.05) is 0 Å². The van der Waals surface area contributed by atoms with E-state index in [0.717, 1.165) is 15.0 Å². The van der Waals surface area contributed by atoms with Crippen molar-refractivity contribution >= 4 is 62.1 Å². The predicted molar refractivity (Wildman–Crippen MR) is 100 cm³/mol. The predicted octanol–water partition coefficient (Wildman–Crippen LogP) is 5.52. The van der Waals surface area contributed by atoms with Crippen molar-refractivity contribution in [1.29, 1.82) is 0 Å². The zero-order chi connectivity index (χ0) is 16.6. The van der Waals surface area contributed by atoms with Gasteiger partial charge < -0.3 is 4.57 Å². The van der Waals surface area contributed by atoms with Crippen molar-refractivity contribution in [2.24, 2.45) is 17.3 Å². The van der Waals surface area contributed by atoms with Crippen LogP contribution in [-0.2, 0) is 7.05 Å². The molecule has 1 heterocycles. The smallest absolute Gasteiger partial charge is 0.211 e. The largest absolute Gasteiger partial charge is 0.318 e. The number of nitrogens with zero attached hydrogens (tertiary/aromatic N) is 3. The average Bonchev–Trinajstić information content (AvgIpc) is 2.87. The standard InChI is InChI=1S/C16H12Cl3N3S/c1-9(10-7-8-11(17)15(19)14(10)18)20-21-16-22(2)12-5-3-4-6-13(12)23-16/h3-8H,1-2H3/b20-9-,21-16-. The normalized spacial score (nSPS) is 13.1. The van der Waals surface area contributed by atoms with E-state index in [-0.39, 0.29) is 0 Å². The number of benzene rings is 2. The summed E-state index contributed by atoms with van der Waals surface area (Å²) in [7, 11) is 1.97. The van der Waals surface area contributed by atoms with Gasteiger partial charge in [0.05, 0.1) is 31.0 Å². The second-order valence-corrected chi connectivity index (χ2v) is 7.09. The SMILES string of the molecule is C/C(=N/N=c1\sc2ccccc2n1C)c1ccc(Cl)c(Cl)c1Cl. The highest BCUT2D eigenvalue weighted by molar-refractivity contribution is 7.16. The van der Waals surface area contributed by atoms with Gasteiger partial charge in [-0.15, -0.1) is 5.10 Å². The van der Waals surface area contributed by atoms with Crippen molar-refractivity contribution in [3.8, 4) is 0 Å². The summed E-state index contributed by atoms with van der Waals surface area (Å²) in [6.07, 6.45) is 0. The Bertz CT molecular complexity index is 986. The number of halogens is 3. The van der Waals surface area contributed by atoms with Gasteiger partial charge >= 0.3 is 0 Å². The maximum atomic E-state index is 6.23. The molecule has 0 spiro atoms. The van der Waals surface area contributed by atoms with Crippen LogP contribution in [0.1, 0.15) is 12.5 Å². The molecule has 0 N–H and O–H groups in total. The summed E-state index contributed by atoms with van der Waals surface area (Å²) < 4.78 is 3.17. The molecule has 0 aliphatic rings. The fourth-order valence-electron chi connectivity index (χ4n) is 2.15. The van der Waals surface area contributed by atoms with E-state index in [1.807, 2.05) is 30.7 Å². The third-order valence-electron chi connectivity index (χ3n) is 3.43. The van der Waals surface area contributed by atoms with Crippen LogP contribution >= 0.6 is 46.1 Å². The van der Waals surface area contributed by atoms with Crippen LogP contribution in [0.3, 0.4) is 0 Å². The second-order valence-electron chi connectivity index (χ2n) is 4.92. The molecule has 0 unspecified atom stereocenters. The molecule has 0 saturated heterocycles. The van der Waals surface area contributed by atoms with Gasteiger partial charge in [-0.1, -0.05) is 64.3 Å². The molecule has 0 aliphatic carbocycles. The van der Waals surface area contributed by atoms with Crippen LogP contribution < -0.4 is 4.80 Å². The first-order valence-corrected chi connectivity index (χ1v) is 8.71. The molecule has 2 aromatic carbocycles. The first-order valence-electron chi connectivity index (χ1n) is 6.75. The van der Waals surface area contributed by atoms with E-state index in [1.165, 1.54) is 0 Å². The van der Waals surface area contributed by atoms with Crippen LogP contribution in [0, 0.1) is 0 Å². The molecule has 0 radical (unpaired) electrons. The third-order valence-corrected chi connectivity index (χ3v) is 5.82. The Morgan fingerprint density at radius 2 is 1.78 bits per heavy atom. The summed E-state index contributed by atoms with van der Waals surface area (Å²) >= 11 is 19.8. The summed E-state index contributed by atoms with van der Waals surface area (Å²) in [6.45, 7) is 1.84. The molecule has 0 bridgehead atoms. The first-order chi connectivity index (χ1) is 11.0. The van der Waals surface area contributed by atoms with Gasteiger partial charge in [-0.3, -0.25) is 0 Å². The van der Waals surface area contributed by atoms with Crippen molar-refractivity contribution in [1.82, 2.24) is 4.57 Å². The van der Waals surface area contributed by atoms with Crippen molar-refractivity contribution < 1.29 is 0 Å². The topological polar surface area (TPSA) is 29.6 Å². The van der Waals surface area contributed by atoms with Crippen LogP contribution in [0.15, 0.2) is 46.6 Å². The maximum Gasteiger partial charge on any atom is 0.211 e. The molecule has 0 fully saturated rings. The van der Waals surface area contributed by atoms with Gasteiger partial charge in [0.1, 0.15) is 0 Å². The van der Waals surface area contributed by atoms with E-state index >= 15 is 0 Å². The van der Waals surface area contributed by atoms with E-state index in [2.05, 4.69) is 22.3 Å². The van der Waals surface area contributed by atoms with Crippen LogP contribution in [0.4, 0.5) is 0 Å². The molecule has 7 heteroatoms. The van der Waals surface area contributed by atoms with E-state index in [9.17, 15) is 0 Å². The molecule has 118 valence electrons. The van der Waals surface area contributed by atoms with Crippen molar-refractivity contribution in [2.45, 2.75) is 6.92 Å². The number of hydrogen-bond acceptors (Lipinski definition) is 3. The molecule has 3 aromatic rings. The molecule has 0 amide bonds. The van der Waals surface area contributed by atoms with E-state index in [1.54, 1.807) is 23.5 Å². The lowest BCUT2D eigenvalue weighted by atomic mass is 10.1. The summed E-state index contributed by atoms with van der Waals surface area (Å²) in [6, 6.07) is 11.6. The van der Waals surface area contributed by atoms with Crippen LogP contribution in [0.25, 0.3) is 10.2 Å². The summed E-state index contributed by atoms with van der Waals surface area (Å²) in [5.41, 5.74) is 2.51. The number of rotatable bonds is 2. The molecule has 23 heavy (non-hydrogen) atoms. The highest BCUT2D eigenvalue weighted by Gasteiger charge is 2.11. The van der Waals surface area contributed by atoms with Crippen molar-refractivity contribution in [3.05, 3.63) is 61.8 Å². The molecule has 1 aromatic heterocycles. The molecular weight excluding hydrogens is 373 g/mol. The minimum Gasteiger partial charge on any atom is -0.318 e. The summed E-state index contributed by atoms with van der Waals surface area (Å²) in [4.78, 5) is 0.807. The number of aryl methyl sites for hydroxylation is 1. The van der Waals surface area contributed by atoms with Gasteiger partial charge in [0.15, 0.2) is 0 Å². The highest BCUT2D eigenvalue weighted by atomic mass is 35.5. The lowest BCUT2D eigenvalue weighted by Crippen LogP contribution is -2.09. The Balaban J connectivity index is 2.07. The van der Waals surface area contributed by atoms with Gasteiger partial charge in [0.2, 0.25) is 4.80 Å². The lowest BCUT2D eigenvalue weighted by Gasteiger charge is -2.05. The van der Waals surface area contributed by atoms with Gasteiger partial charge in [-0.25, -0.2) is 0 Å². The fourth-order valence-corrected chi connectivity index (χ4v) is 3.80. The Morgan fingerprint density at radius 1 is 1.04 bits per heavy atom. The zero-order valence-electron chi connectivity index (χ0n) is 12.3. The zero-order valence-corrected chi connectivity index (χ0v) is 15.4. The molecule has 3 nitrogen and oxygen atoms in total. The van der Waals surface area contributed by atoms with Crippen LogP contribution in [-0.4, -0.2) is 10.3 Å². The Kier molecular flexibility index (Phi) is 4.78. The molecule has 3 rings (SSSR count). The second kappa shape index (κ2) is 6.65. The van der Waals surface area contributed by atoms with E-state index < -0.39 is 0 Å². The number of hydrogen-bond donors (Lipinski definition) is 0. The molecule has 0 saturated carbocycles. The van der Waals surface area contributed by atoms with Gasteiger partial charge in [0, 0.05) is 12.6 Å². The molecule has 0 atom stereocenters. The fraction of sp³-hybridized carbons (Fsp3) is 0.125. The monoisotopic (exact) mass is 383 g/mol. The van der Waals surface area contributed by atoms with Gasteiger partial charge in [-0.05, 0) is 25.1 Å². The van der Waals surface area contributed by atoms with Crippen LogP contribution in [0.5, 0.6) is 0 Å². The highest BCUT2D eigenvalue weighted by Crippen LogP contribution is 2.32. The van der Waals surface area contributed by atoms with Crippen LogP contribution in [0.2, 0.25) is 15.1 Å². The minimum absolute atomic E-state index is 0.327. The third kappa shape index (κ3) is 3.17. The van der Waals surface area contributed by atoms with Gasteiger partial charge in [-0.2, -0.15) is 5.10 Å². The van der Waals surface area contributed by atoms with Crippen molar-refractivity contribution in [3.63, 3.8) is 0 Å². The molecule has 0 aliphatic heterocycles. The Morgan fingerprint density at radius 3 is 2.52 bits per heavy atom.